The molecule has 4 N–H and O–H groups in total. The number of Topliss-reactive ketones (excluding diaryl/α,β-unsaturated/α-hetero) is 1. The van der Waals surface area contributed by atoms with Crippen molar-refractivity contribution in [2.24, 2.45) is 17.8 Å². The normalized spacial score (nSPS) is 40.6. The van der Waals surface area contributed by atoms with Gasteiger partial charge in [0.15, 0.2) is 17.7 Å². The van der Waals surface area contributed by atoms with Gasteiger partial charge in [-0.2, -0.15) is 0 Å². The number of methoxy groups -OCH3 is 1. The average molecular weight is 706 g/mol. The number of anilines is 1. The van der Waals surface area contributed by atoms with Crippen LogP contribution in [0.15, 0.2) is 24.5 Å². The molecule has 1 amide bonds. The molecule has 3 aliphatic heterocycles. The molecule has 4 unspecified atom stereocenters. The quantitative estimate of drug-likeness (QED) is 0.230. The molecule has 3 aliphatic rings. The molecule has 50 heavy (non-hydrogen) atoms. The number of hydrogen-bond donors (Lipinski definition) is 4. The Kier molecular flexibility index (Phi) is 13.3. The maximum atomic E-state index is 14.2. The van der Waals surface area contributed by atoms with Crippen molar-refractivity contribution in [2.45, 2.75) is 128 Å². The van der Waals surface area contributed by atoms with Crippen molar-refractivity contribution < 1.29 is 43.2 Å². The minimum Gasteiger partial charge on any atom is -0.458 e. The smallest absolute Gasteiger partial charge is 0.408 e. The molecule has 14 heteroatoms. The first kappa shape index (κ1) is 39.9. The predicted molar refractivity (Wildman–Crippen MR) is 186 cm³/mol. The van der Waals surface area contributed by atoms with Crippen molar-refractivity contribution >= 4 is 23.5 Å². The SMILES string of the molecule is CC[C@H]1OC(=O)C(C)C(=O)[C@H](C)[C@@H](O[C@@H]2OC(CNc3cccnc3)CC(N(C)C)C2O)[C@](C)(OC)C[C@@H](C)CN[C@H](C)[C@H]2NC(=O)O[C@@]21C. The van der Waals surface area contributed by atoms with Gasteiger partial charge < -0.3 is 49.6 Å². The Morgan fingerprint density at radius 3 is 2.50 bits per heavy atom. The highest BCUT2D eigenvalue weighted by Gasteiger charge is 2.55. The zero-order chi connectivity index (χ0) is 37.0. The van der Waals surface area contributed by atoms with Crippen molar-refractivity contribution in [3.8, 4) is 0 Å². The first-order valence-electron chi connectivity index (χ1n) is 17.9. The molecule has 0 aromatic carbocycles. The number of nitrogens with one attached hydrogen (secondary N) is 3. The number of aliphatic hydroxyl groups excluding tert-OH is 1. The van der Waals surface area contributed by atoms with Crippen LogP contribution in [0.5, 0.6) is 0 Å². The van der Waals surface area contributed by atoms with Gasteiger partial charge in [-0.1, -0.05) is 20.8 Å². The monoisotopic (exact) mass is 705 g/mol. The van der Waals surface area contributed by atoms with Gasteiger partial charge in [0.25, 0.3) is 0 Å². The van der Waals surface area contributed by atoms with E-state index in [1.165, 1.54) is 6.92 Å². The lowest BCUT2D eigenvalue weighted by Crippen LogP contribution is -2.60. The van der Waals surface area contributed by atoms with Crippen LogP contribution in [-0.4, -0.2) is 127 Å². The summed E-state index contributed by atoms with van der Waals surface area (Å²) in [6, 6.07) is 2.70. The average Bonchev–Trinajstić information content (AvgIpc) is 3.41. The predicted octanol–water partition coefficient (Wildman–Crippen LogP) is 2.74. The Morgan fingerprint density at radius 1 is 1.16 bits per heavy atom. The Morgan fingerprint density at radius 2 is 1.88 bits per heavy atom. The second-order valence-corrected chi connectivity index (χ2v) is 15.0. The number of aliphatic hydroxyl groups is 1. The summed E-state index contributed by atoms with van der Waals surface area (Å²) in [4.78, 5) is 46.5. The number of carbonyl (C=O) groups is 3. The van der Waals surface area contributed by atoms with Gasteiger partial charge in [-0.3, -0.25) is 14.6 Å². The van der Waals surface area contributed by atoms with Crippen molar-refractivity contribution in [3.05, 3.63) is 24.5 Å². The Bertz CT molecular complexity index is 1310. The van der Waals surface area contributed by atoms with Gasteiger partial charge in [0.2, 0.25) is 0 Å². The molecule has 3 saturated heterocycles. The summed E-state index contributed by atoms with van der Waals surface area (Å²) in [6.07, 6.45) is -0.0134. The van der Waals surface area contributed by atoms with Gasteiger partial charge >= 0.3 is 12.1 Å². The summed E-state index contributed by atoms with van der Waals surface area (Å²) in [5.41, 5.74) is -1.38. The fourth-order valence-electron chi connectivity index (χ4n) is 7.85. The minimum atomic E-state index is -1.17. The van der Waals surface area contributed by atoms with Crippen LogP contribution < -0.4 is 16.0 Å². The standard InChI is InChI=1S/C36H59N5O9/c1-11-27-36(7)30(40-34(45)50-36)23(5)38-17-20(2)16-35(6,46-10)31(21(3)28(42)22(4)32(44)48-27)49-33-29(43)26(41(8)9)15-25(47-33)19-39-24-13-12-14-37-18-24/h12-14,18,20-23,25-27,29-31,33,38-39,43H,11,15-17,19H2,1-10H3,(H,40,45)/t20-,21+,22?,23-,25?,26?,27-,29?,30-,31-,33+,35-,36-/m1/s1. The number of cyclic esters (lactones) is 1. The summed E-state index contributed by atoms with van der Waals surface area (Å²) >= 11 is 0. The maximum Gasteiger partial charge on any atom is 0.408 e. The number of likely N-dealkylation sites (N-methyl/N-ethyl adjacent to an activating group) is 1. The Balaban J connectivity index is 1.67. The van der Waals surface area contributed by atoms with E-state index >= 15 is 0 Å². The van der Waals surface area contributed by atoms with Crippen LogP contribution in [0.4, 0.5) is 10.5 Å². The number of carbonyl (C=O) groups excluding carboxylic acids is 3. The van der Waals surface area contributed by atoms with Crippen LogP contribution in [0, 0.1) is 17.8 Å². The molecule has 0 bridgehead atoms. The summed E-state index contributed by atoms with van der Waals surface area (Å²) in [6.45, 7) is 13.7. The summed E-state index contributed by atoms with van der Waals surface area (Å²) in [5.74, 6) is -3.16. The molecule has 4 heterocycles. The van der Waals surface area contributed by atoms with Crippen LogP contribution >= 0.6 is 0 Å². The number of rotatable bonds is 8. The molecule has 282 valence electrons. The number of pyridine rings is 1. The largest absolute Gasteiger partial charge is 0.458 e. The molecule has 0 saturated carbocycles. The summed E-state index contributed by atoms with van der Waals surface area (Å²) < 4.78 is 31.1. The number of amides is 1. The van der Waals surface area contributed by atoms with Gasteiger partial charge in [-0.25, -0.2) is 4.79 Å². The highest BCUT2D eigenvalue weighted by atomic mass is 16.7. The van der Waals surface area contributed by atoms with Crippen LogP contribution in [0.1, 0.15) is 67.7 Å². The van der Waals surface area contributed by atoms with Crippen molar-refractivity contribution in [3.63, 3.8) is 0 Å². The van der Waals surface area contributed by atoms with Crippen LogP contribution in [0.3, 0.4) is 0 Å². The van der Waals surface area contributed by atoms with Gasteiger partial charge in [-0.05, 0) is 85.6 Å². The number of ether oxygens (including phenoxy) is 5. The van der Waals surface area contributed by atoms with Crippen LogP contribution in [0.25, 0.3) is 0 Å². The van der Waals surface area contributed by atoms with E-state index in [-0.39, 0.29) is 24.1 Å². The lowest BCUT2D eigenvalue weighted by molar-refractivity contribution is -0.296. The third-order valence-electron chi connectivity index (χ3n) is 10.9. The van der Waals surface area contributed by atoms with Crippen molar-refractivity contribution in [1.82, 2.24) is 20.5 Å². The van der Waals surface area contributed by atoms with Crippen LogP contribution in [0.2, 0.25) is 0 Å². The zero-order valence-electron chi connectivity index (χ0n) is 31.3. The van der Waals surface area contributed by atoms with E-state index in [9.17, 15) is 19.5 Å². The van der Waals surface area contributed by atoms with Crippen molar-refractivity contribution in [2.75, 3.05) is 39.6 Å². The molecular formula is C36H59N5O9. The molecule has 0 aliphatic carbocycles. The second kappa shape index (κ2) is 16.6. The highest BCUT2D eigenvalue weighted by molar-refractivity contribution is 6.00. The zero-order valence-corrected chi connectivity index (χ0v) is 31.3. The number of alkyl carbamates (subject to hydrolysis) is 1. The second-order valence-electron chi connectivity index (χ2n) is 15.0. The molecule has 3 fully saturated rings. The van der Waals surface area contributed by atoms with E-state index in [0.29, 0.717) is 32.4 Å². The van der Waals surface area contributed by atoms with Crippen molar-refractivity contribution in [1.29, 1.82) is 0 Å². The van der Waals surface area contributed by atoms with E-state index in [1.807, 2.05) is 51.9 Å². The Hall–Kier alpha value is -2.88. The first-order chi connectivity index (χ1) is 23.5. The molecular weight excluding hydrogens is 646 g/mol. The van der Waals surface area contributed by atoms with Gasteiger partial charge in [0.05, 0.1) is 29.5 Å². The molecule has 0 radical (unpaired) electrons. The molecule has 13 atom stereocenters. The number of esters is 1. The topological polar surface area (TPSA) is 170 Å². The highest BCUT2D eigenvalue weighted by Crippen LogP contribution is 2.37. The number of ketones is 1. The number of nitrogens with zero attached hydrogens (tertiary/aromatic N) is 2. The summed E-state index contributed by atoms with van der Waals surface area (Å²) in [5, 5.41) is 21.4. The molecule has 4 rings (SSSR count). The Labute approximate surface area is 296 Å². The van der Waals surface area contributed by atoms with Crippen LogP contribution in [-0.2, 0) is 33.3 Å². The van der Waals surface area contributed by atoms with E-state index in [2.05, 4.69) is 27.9 Å². The van der Waals surface area contributed by atoms with E-state index in [0.717, 1.165) is 5.69 Å². The van der Waals surface area contributed by atoms with Gasteiger partial charge in [0, 0.05) is 44.0 Å². The minimum absolute atomic E-state index is 0.00522. The molecule has 1 aromatic rings. The van der Waals surface area contributed by atoms with E-state index < -0.39 is 71.5 Å². The number of hydrogen-bond acceptors (Lipinski definition) is 13. The van der Waals surface area contributed by atoms with Gasteiger partial charge in [-0.15, -0.1) is 0 Å². The van der Waals surface area contributed by atoms with E-state index in [1.54, 1.807) is 33.4 Å². The number of aromatic nitrogens is 1. The third-order valence-corrected chi connectivity index (χ3v) is 10.9. The molecule has 1 aromatic heterocycles. The third kappa shape index (κ3) is 8.76. The van der Waals surface area contributed by atoms with Gasteiger partial charge in [0.1, 0.15) is 18.1 Å². The number of fused-ring (bicyclic) bond motifs is 1. The lowest BCUT2D eigenvalue weighted by Gasteiger charge is -2.47. The molecule has 14 nitrogen and oxygen atoms in total. The summed E-state index contributed by atoms with van der Waals surface area (Å²) in [7, 11) is 5.37. The maximum absolute atomic E-state index is 14.2. The fraction of sp³-hybridized carbons (Fsp3) is 0.778. The lowest BCUT2D eigenvalue weighted by atomic mass is 9.78. The van der Waals surface area contributed by atoms with E-state index in [4.69, 9.17) is 23.7 Å². The first-order valence-corrected chi connectivity index (χ1v) is 17.9. The fourth-order valence-corrected chi connectivity index (χ4v) is 7.85. The molecule has 0 spiro atoms.